The maximum absolute atomic E-state index is 12.1. The van der Waals surface area contributed by atoms with Crippen LogP contribution in [-0.4, -0.2) is 61.7 Å². The van der Waals surface area contributed by atoms with E-state index in [-0.39, 0.29) is 18.0 Å². The minimum Gasteiger partial charge on any atom is -0.480 e. The van der Waals surface area contributed by atoms with Crippen LogP contribution in [-0.2, 0) is 4.79 Å². The Morgan fingerprint density at radius 2 is 2.13 bits per heavy atom. The van der Waals surface area contributed by atoms with E-state index >= 15 is 0 Å². The van der Waals surface area contributed by atoms with Gasteiger partial charge in [-0.25, -0.2) is 9.78 Å². The summed E-state index contributed by atoms with van der Waals surface area (Å²) in [5.74, 6) is 0.390. The number of rotatable bonds is 5. The lowest BCUT2D eigenvalue weighted by molar-refractivity contribution is -0.122. The van der Waals surface area contributed by atoms with E-state index in [1.165, 1.54) is 7.11 Å². The van der Waals surface area contributed by atoms with E-state index in [4.69, 9.17) is 4.74 Å². The van der Waals surface area contributed by atoms with Crippen molar-refractivity contribution in [1.29, 1.82) is 0 Å². The first-order chi connectivity index (χ1) is 11.1. The van der Waals surface area contributed by atoms with Crippen molar-refractivity contribution in [2.24, 2.45) is 0 Å². The summed E-state index contributed by atoms with van der Waals surface area (Å²) in [4.78, 5) is 29.5. The van der Waals surface area contributed by atoms with Gasteiger partial charge < -0.3 is 20.7 Å². The molecule has 23 heavy (non-hydrogen) atoms. The number of carbonyl (C=O) groups excluding carboxylic acids is 2. The number of nitrogens with zero attached hydrogens (tertiary/aromatic N) is 2. The highest BCUT2D eigenvalue weighted by Crippen LogP contribution is 2.19. The smallest absolute Gasteiger partial charge is 0.319 e. The number of carbonyl (C=O) groups is 2. The van der Waals surface area contributed by atoms with Crippen LogP contribution in [0.1, 0.15) is 12.8 Å². The summed E-state index contributed by atoms with van der Waals surface area (Å²) in [6.45, 7) is 1.98. The fourth-order valence-electron chi connectivity index (χ4n) is 2.51. The van der Waals surface area contributed by atoms with Crippen molar-refractivity contribution in [1.82, 2.24) is 20.5 Å². The zero-order valence-corrected chi connectivity index (χ0v) is 13.5. The molecular weight excluding hydrogens is 298 g/mol. The predicted molar refractivity (Wildman–Crippen MR) is 86.5 cm³/mol. The lowest BCUT2D eigenvalue weighted by atomic mass is 10.1. The first-order valence-corrected chi connectivity index (χ1v) is 7.62. The lowest BCUT2D eigenvalue weighted by Gasteiger charge is -2.31. The Morgan fingerprint density at radius 1 is 1.39 bits per heavy atom. The standard InChI is InChI=1S/C15H23N5O3/c1-16-13(21)10-20-8-5-11(6-9-20)18-15(22)19-12-4-3-7-17-14(12)23-2/h3-4,7,11H,5-6,8-10H2,1-2H3,(H,16,21)(H2,18,19,22). The van der Waals surface area contributed by atoms with E-state index < -0.39 is 0 Å². The molecule has 1 aliphatic rings. The van der Waals surface area contributed by atoms with Crippen molar-refractivity contribution in [2.45, 2.75) is 18.9 Å². The molecule has 0 radical (unpaired) electrons. The van der Waals surface area contributed by atoms with Gasteiger partial charge in [0.15, 0.2) is 0 Å². The minimum atomic E-state index is -0.277. The van der Waals surface area contributed by atoms with Crippen LogP contribution in [0.15, 0.2) is 18.3 Å². The van der Waals surface area contributed by atoms with Crippen LogP contribution in [0.3, 0.4) is 0 Å². The molecule has 126 valence electrons. The molecule has 8 nitrogen and oxygen atoms in total. The number of anilines is 1. The number of hydrogen-bond donors (Lipinski definition) is 3. The Labute approximate surface area is 135 Å². The number of pyridine rings is 1. The second kappa shape index (κ2) is 8.33. The van der Waals surface area contributed by atoms with E-state index in [0.29, 0.717) is 18.1 Å². The molecule has 1 aliphatic heterocycles. The van der Waals surface area contributed by atoms with Crippen LogP contribution in [0, 0.1) is 0 Å². The van der Waals surface area contributed by atoms with Crippen molar-refractivity contribution < 1.29 is 14.3 Å². The average Bonchev–Trinajstić information content (AvgIpc) is 2.57. The number of methoxy groups -OCH3 is 1. The van der Waals surface area contributed by atoms with Crippen molar-refractivity contribution in [3.63, 3.8) is 0 Å². The molecule has 0 unspecified atom stereocenters. The molecule has 2 heterocycles. The molecule has 1 aromatic heterocycles. The second-order valence-corrected chi connectivity index (χ2v) is 5.38. The second-order valence-electron chi connectivity index (χ2n) is 5.38. The van der Waals surface area contributed by atoms with Crippen LogP contribution >= 0.6 is 0 Å². The molecule has 8 heteroatoms. The Hall–Kier alpha value is -2.35. The number of ether oxygens (including phenoxy) is 1. The Morgan fingerprint density at radius 3 is 2.78 bits per heavy atom. The van der Waals surface area contributed by atoms with Gasteiger partial charge in [0.1, 0.15) is 5.69 Å². The zero-order valence-electron chi connectivity index (χ0n) is 13.5. The summed E-state index contributed by atoms with van der Waals surface area (Å²) in [6, 6.07) is 3.28. The highest BCUT2D eigenvalue weighted by molar-refractivity contribution is 5.90. The van der Waals surface area contributed by atoms with E-state index in [1.54, 1.807) is 25.4 Å². The van der Waals surface area contributed by atoms with Gasteiger partial charge in [-0.05, 0) is 25.0 Å². The molecule has 2 rings (SSSR count). The third-order valence-electron chi connectivity index (χ3n) is 3.78. The van der Waals surface area contributed by atoms with Crippen molar-refractivity contribution in [3.8, 4) is 5.88 Å². The highest BCUT2D eigenvalue weighted by Gasteiger charge is 2.22. The summed E-state index contributed by atoms with van der Waals surface area (Å²) in [7, 11) is 3.14. The molecule has 3 N–H and O–H groups in total. The highest BCUT2D eigenvalue weighted by atomic mass is 16.5. The van der Waals surface area contributed by atoms with E-state index in [0.717, 1.165) is 25.9 Å². The number of nitrogens with one attached hydrogen (secondary N) is 3. The number of likely N-dealkylation sites (tertiary alicyclic amines) is 1. The maximum atomic E-state index is 12.1. The zero-order chi connectivity index (χ0) is 16.7. The molecule has 0 atom stereocenters. The van der Waals surface area contributed by atoms with Gasteiger partial charge >= 0.3 is 6.03 Å². The van der Waals surface area contributed by atoms with Crippen LogP contribution in [0.25, 0.3) is 0 Å². The quantitative estimate of drug-likeness (QED) is 0.730. The molecule has 0 saturated carbocycles. The predicted octanol–water partition coefficient (Wildman–Crippen LogP) is 0.422. The molecule has 1 fully saturated rings. The van der Waals surface area contributed by atoms with Gasteiger partial charge in [0.25, 0.3) is 0 Å². The van der Waals surface area contributed by atoms with Gasteiger partial charge in [-0.2, -0.15) is 0 Å². The Bertz CT molecular complexity index is 544. The molecule has 1 aromatic rings. The topological polar surface area (TPSA) is 95.6 Å². The first-order valence-electron chi connectivity index (χ1n) is 7.62. The summed E-state index contributed by atoms with van der Waals surface area (Å²) in [5, 5.41) is 8.31. The number of urea groups is 1. The number of hydrogen-bond acceptors (Lipinski definition) is 5. The molecule has 0 aliphatic carbocycles. The largest absolute Gasteiger partial charge is 0.480 e. The fourth-order valence-corrected chi connectivity index (χ4v) is 2.51. The monoisotopic (exact) mass is 321 g/mol. The van der Waals surface area contributed by atoms with Gasteiger partial charge in [-0.15, -0.1) is 0 Å². The summed E-state index contributed by atoms with van der Waals surface area (Å²) >= 11 is 0. The van der Waals surface area contributed by atoms with Gasteiger partial charge in [-0.3, -0.25) is 9.69 Å². The van der Waals surface area contributed by atoms with Crippen LogP contribution in [0.2, 0.25) is 0 Å². The van der Waals surface area contributed by atoms with Gasteiger partial charge in [0.2, 0.25) is 11.8 Å². The normalized spacial score (nSPS) is 15.7. The fraction of sp³-hybridized carbons (Fsp3) is 0.533. The Balaban J connectivity index is 1.77. The molecule has 0 bridgehead atoms. The van der Waals surface area contributed by atoms with Gasteiger partial charge in [0.05, 0.1) is 13.7 Å². The molecule has 1 saturated heterocycles. The van der Waals surface area contributed by atoms with Gasteiger partial charge in [-0.1, -0.05) is 0 Å². The number of likely N-dealkylation sites (N-methyl/N-ethyl adjacent to an activating group) is 1. The number of aromatic nitrogens is 1. The first kappa shape index (κ1) is 17.0. The third-order valence-corrected chi connectivity index (χ3v) is 3.78. The van der Waals surface area contributed by atoms with E-state index in [1.807, 2.05) is 0 Å². The number of piperidine rings is 1. The Kier molecular flexibility index (Phi) is 6.16. The van der Waals surface area contributed by atoms with Gasteiger partial charge in [0, 0.05) is 32.4 Å². The van der Waals surface area contributed by atoms with Crippen molar-refractivity contribution in [2.75, 3.05) is 39.1 Å². The lowest BCUT2D eigenvalue weighted by Crippen LogP contribution is -2.48. The van der Waals surface area contributed by atoms with Crippen molar-refractivity contribution in [3.05, 3.63) is 18.3 Å². The minimum absolute atomic E-state index is 0.0119. The van der Waals surface area contributed by atoms with Crippen LogP contribution < -0.4 is 20.7 Å². The maximum Gasteiger partial charge on any atom is 0.319 e. The summed E-state index contributed by atoms with van der Waals surface area (Å²) in [5.41, 5.74) is 0.532. The van der Waals surface area contributed by atoms with E-state index in [2.05, 4.69) is 25.8 Å². The summed E-state index contributed by atoms with van der Waals surface area (Å²) in [6.07, 6.45) is 3.23. The van der Waals surface area contributed by atoms with Crippen molar-refractivity contribution >= 4 is 17.6 Å². The molecule has 0 spiro atoms. The molecule has 0 aromatic carbocycles. The third kappa shape index (κ3) is 5.10. The number of amides is 3. The SMILES string of the molecule is CNC(=O)CN1CCC(NC(=O)Nc2cccnc2OC)CC1. The van der Waals surface area contributed by atoms with Crippen LogP contribution in [0.5, 0.6) is 5.88 Å². The summed E-state index contributed by atoms with van der Waals surface area (Å²) < 4.78 is 5.10. The molecule has 3 amide bonds. The molecular formula is C15H23N5O3. The van der Waals surface area contributed by atoms with Crippen LogP contribution in [0.4, 0.5) is 10.5 Å². The average molecular weight is 321 g/mol. The van der Waals surface area contributed by atoms with E-state index in [9.17, 15) is 9.59 Å².